The average Bonchev–Trinajstić information content (AvgIpc) is 2.69. The van der Waals surface area contributed by atoms with Gasteiger partial charge in [-0.25, -0.2) is 0 Å². The summed E-state index contributed by atoms with van der Waals surface area (Å²) in [5.41, 5.74) is 4.66. The van der Waals surface area contributed by atoms with E-state index in [0.717, 1.165) is 44.9 Å². The zero-order valence-electron chi connectivity index (χ0n) is 17.2. The van der Waals surface area contributed by atoms with Crippen LogP contribution < -0.4 is 9.47 Å². The molecule has 0 aliphatic rings. The largest absolute Gasteiger partial charge is 0.496 e. The van der Waals surface area contributed by atoms with Crippen LogP contribution in [0.3, 0.4) is 0 Å². The summed E-state index contributed by atoms with van der Waals surface area (Å²) in [5.74, 6) is 1.62. The SMILES string of the molecule is COc1ccc(C(O)(Cc2cc[c]cc2C)c2ccc(OC)c(C)c2)cc1C. The molecule has 0 heterocycles. The number of aliphatic hydroxyl groups is 1. The van der Waals surface area contributed by atoms with Crippen LogP contribution >= 0.6 is 0 Å². The van der Waals surface area contributed by atoms with Gasteiger partial charge in [-0.1, -0.05) is 30.3 Å². The van der Waals surface area contributed by atoms with Crippen LogP contribution in [0.5, 0.6) is 11.5 Å². The van der Waals surface area contributed by atoms with Gasteiger partial charge >= 0.3 is 0 Å². The molecule has 0 aliphatic heterocycles. The molecule has 3 heteroatoms. The van der Waals surface area contributed by atoms with Crippen molar-refractivity contribution in [3.63, 3.8) is 0 Å². The fourth-order valence-electron chi connectivity index (χ4n) is 3.66. The standard InChI is InChI=1S/C25H27O3/c1-17-8-6-7-9-20(17)16-25(26,21-10-12-23(27-4)18(2)14-21)22-11-13-24(28-5)19(3)15-22/h7-15,26H,16H2,1-5H3. The van der Waals surface area contributed by atoms with E-state index in [2.05, 4.69) is 6.07 Å². The number of benzene rings is 3. The van der Waals surface area contributed by atoms with Crippen molar-refractivity contribution in [1.29, 1.82) is 0 Å². The van der Waals surface area contributed by atoms with Crippen molar-refractivity contribution >= 4 is 0 Å². The van der Waals surface area contributed by atoms with Gasteiger partial charge < -0.3 is 14.6 Å². The van der Waals surface area contributed by atoms with Crippen LogP contribution in [0.15, 0.2) is 54.6 Å². The molecule has 0 aliphatic carbocycles. The molecular weight excluding hydrogens is 348 g/mol. The highest BCUT2D eigenvalue weighted by Crippen LogP contribution is 2.37. The van der Waals surface area contributed by atoms with Gasteiger partial charge in [0, 0.05) is 6.42 Å². The maximum atomic E-state index is 12.0. The second-order valence-electron chi connectivity index (χ2n) is 7.26. The topological polar surface area (TPSA) is 38.7 Å². The van der Waals surface area contributed by atoms with Crippen LogP contribution in [0.2, 0.25) is 0 Å². The molecule has 3 aromatic carbocycles. The van der Waals surface area contributed by atoms with Gasteiger partial charge in [-0.2, -0.15) is 0 Å². The molecule has 0 aromatic heterocycles. The Labute approximate surface area is 167 Å². The number of ether oxygens (including phenoxy) is 2. The lowest BCUT2D eigenvalue weighted by atomic mass is 9.79. The normalized spacial score (nSPS) is 11.4. The van der Waals surface area contributed by atoms with Crippen LogP contribution in [0.1, 0.15) is 33.4 Å². The summed E-state index contributed by atoms with van der Waals surface area (Å²) in [6, 6.07) is 20.7. The molecule has 0 spiro atoms. The lowest BCUT2D eigenvalue weighted by Gasteiger charge is -2.31. The number of aryl methyl sites for hydroxylation is 3. The summed E-state index contributed by atoms with van der Waals surface area (Å²) in [6.07, 6.45) is 0.463. The summed E-state index contributed by atoms with van der Waals surface area (Å²) < 4.78 is 10.8. The van der Waals surface area contributed by atoms with Gasteiger partial charge in [-0.3, -0.25) is 0 Å². The second-order valence-corrected chi connectivity index (χ2v) is 7.26. The Morgan fingerprint density at radius 1 is 0.821 bits per heavy atom. The van der Waals surface area contributed by atoms with Gasteiger partial charge in [0.15, 0.2) is 0 Å². The van der Waals surface area contributed by atoms with E-state index in [0.29, 0.717) is 6.42 Å². The minimum atomic E-state index is -1.18. The summed E-state index contributed by atoms with van der Waals surface area (Å²) >= 11 is 0. The number of methoxy groups -OCH3 is 2. The predicted molar refractivity (Wildman–Crippen MR) is 112 cm³/mol. The van der Waals surface area contributed by atoms with E-state index in [1.165, 1.54) is 0 Å². The maximum Gasteiger partial charge on any atom is 0.121 e. The average molecular weight is 375 g/mol. The minimum absolute atomic E-state index is 0.463. The highest BCUT2D eigenvalue weighted by molar-refractivity contribution is 5.47. The first kappa shape index (κ1) is 20.0. The molecule has 3 nitrogen and oxygen atoms in total. The van der Waals surface area contributed by atoms with Gasteiger partial charge in [0.1, 0.15) is 17.1 Å². The first-order valence-electron chi connectivity index (χ1n) is 9.37. The molecule has 0 saturated carbocycles. The molecular formula is C25H27O3. The van der Waals surface area contributed by atoms with Crippen LogP contribution in [0.4, 0.5) is 0 Å². The Kier molecular flexibility index (Phi) is 5.76. The van der Waals surface area contributed by atoms with Gasteiger partial charge in [0.2, 0.25) is 0 Å². The Morgan fingerprint density at radius 3 is 1.79 bits per heavy atom. The van der Waals surface area contributed by atoms with Crippen molar-refractivity contribution in [2.75, 3.05) is 14.2 Å². The summed E-state index contributed by atoms with van der Waals surface area (Å²) in [6.45, 7) is 6.03. The van der Waals surface area contributed by atoms with E-state index in [1.807, 2.05) is 75.4 Å². The zero-order chi connectivity index (χ0) is 20.3. The third-order valence-corrected chi connectivity index (χ3v) is 5.38. The molecule has 145 valence electrons. The van der Waals surface area contributed by atoms with Crippen LogP contribution in [-0.2, 0) is 12.0 Å². The van der Waals surface area contributed by atoms with Crippen molar-refractivity contribution in [3.05, 3.63) is 94.0 Å². The maximum absolute atomic E-state index is 12.0. The number of hydrogen-bond donors (Lipinski definition) is 1. The van der Waals surface area contributed by atoms with Crippen LogP contribution in [0.25, 0.3) is 0 Å². The van der Waals surface area contributed by atoms with E-state index in [-0.39, 0.29) is 0 Å². The van der Waals surface area contributed by atoms with E-state index in [4.69, 9.17) is 9.47 Å². The molecule has 0 saturated heterocycles. The smallest absolute Gasteiger partial charge is 0.121 e. The zero-order valence-corrected chi connectivity index (χ0v) is 17.2. The molecule has 0 fully saturated rings. The summed E-state index contributed by atoms with van der Waals surface area (Å²) in [4.78, 5) is 0. The van der Waals surface area contributed by atoms with Crippen molar-refractivity contribution in [3.8, 4) is 11.5 Å². The Bertz CT molecular complexity index is 922. The number of hydrogen-bond acceptors (Lipinski definition) is 3. The van der Waals surface area contributed by atoms with E-state index < -0.39 is 5.60 Å². The van der Waals surface area contributed by atoms with Crippen molar-refractivity contribution < 1.29 is 14.6 Å². The second kappa shape index (κ2) is 8.07. The molecule has 3 aromatic rings. The van der Waals surface area contributed by atoms with Crippen molar-refractivity contribution in [2.24, 2.45) is 0 Å². The van der Waals surface area contributed by atoms with Crippen molar-refractivity contribution in [2.45, 2.75) is 32.8 Å². The fourth-order valence-corrected chi connectivity index (χ4v) is 3.66. The molecule has 28 heavy (non-hydrogen) atoms. The predicted octanol–water partition coefficient (Wildman–Crippen LogP) is 4.91. The van der Waals surface area contributed by atoms with Gasteiger partial charge in [0.25, 0.3) is 0 Å². The van der Waals surface area contributed by atoms with E-state index in [1.54, 1.807) is 14.2 Å². The first-order chi connectivity index (χ1) is 13.4. The molecule has 3 rings (SSSR count). The van der Waals surface area contributed by atoms with E-state index in [9.17, 15) is 5.11 Å². The fraction of sp³-hybridized carbons (Fsp3) is 0.280. The molecule has 0 amide bonds. The van der Waals surface area contributed by atoms with Gasteiger partial charge in [-0.15, -0.1) is 0 Å². The molecule has 1 N–H and O–H groups in total. The first-order valence-corrected chi connectivity index (χ1v) is 9.37. The van der Waals surface area contributed by atoms with Crippen molar-refractivity contribution in [1.82, 2.24) is 0 Å². The van der Waals surface area contributed by atoms with Crippen LogP contribution in [-0.4, -0.2) is 19.3 Å². The Balaban J connectivity index is 2.17. The Morgan fingerprint density at radius 2 is 1.36 bits per heavy atom. The summed E-state index contributed by atoms with van der Waals surface area (Å²) in [5, 5.41) is 12.0. The van der Waals surface area contributed by atoms with E-state index >= 15 is 0 Å². The third kappa shape index (κ3) is 3.76. The molecule has 0 bridgehead atoms. The minimum Gasteiger partial charge on any atom is -0.496 e. The van der Waals surface area contributed by atoms with Gasteiger partial charge in [0.05, 0.1) is 14.2 Å². The summed E-state index contributed by atoms with van der Waals surface area (Å²) in [7, 11) is 3.32. The van der Waals surface area contributed by atoms with Crippen LogP contribution in [0, 0.1) is 26.8 Å². The Hall–Kier alpha value is -2.78. The highest BCUT2D eigenvalue weighted by Gasteiger charge is 2.33. The molecule has 0 atom stereocenters. The highest BCUT2D eigenvalue weighted by atomic mass is 16.5. The third-order valence-electron chi connectivity index (χ3n) is 5.38. The lowest BCUT2D eigenvalue weighted by Crippen LogP contribution is -2.30. The molecule has 0 unspecified atom stereocenters. The lowest BCUT2D eigenvalue weighted by molar-refractivity contribution is 0.0807. The van der Waals surface area contributed by atoms with Gasteiger partial charge in [-0.05, 0) is 84.5 Å². The quantitative estimate of drug-likeness (QED) is 0.665. The monoisotopic (exact) mass is 375 g/mol. The number of rotatable bonds is 6. The molecule has 1 radical (unpaired) electrons.